The third kappa shape index (κ3) is 4.73. The smallest absolute Gasteiger partial charge is 0.0701 e. The van der Waals surface area contributed by atoms with Crippen molar-refractivity contribution in [3.8, 4) is 0 Å². The number of thiophene rings is 1. The van der Waals surface area contributed by atoms with Crippen molar-refractivity contribution < 1.29 is 4.74 Å². The Morgan fingerprint density at radius 1 is 1.21 bits per heavy atom. The van der Waals surface area contributed by atoms with Crippen molar-refractivity contribution >= 4 is 27.3 Å². The molecule has 0 aliphatic rings. The van der Waals surface area contributed by atoms with Crippen molar-refractivity contribution in [3.63, 3.8) is 0 Å². The molecule has 102 valence electrons. The Hall–Kier alpha value is -0.680. The number of hydrogen-bond acceptors (Lipinski definition) is 3. The third-order valence-electron chi connectivity index (χ3n) is 2.93. The van der Waals surface area contributed by atoms with Crippen LogP contribution >= 0.6 is 27.3 Å². The van der Waals surface area contributed by atoms with Gasteiger partial charge in [-0.2, -0.15) is 0 Å². The van der Waals surface area contributed by atoms with Crippen LogP contribution in [0.25, 0.3) is 0 Å². The second-order valence-electron chi connectivity index (χ2n) is 4.33. The largest absolute Gasteiger partial charge is 0.383 e. The summed E-state index contributed by atoms with van der Waals surface area (Å²) in [4.78, 5) is 1.39. The summed E-state index contributed by atoms with van der Waals surface area (Å²) in [5, 5.41) is 3.56. The molecule has 0 spiro atoms. The molecule has 2 rings (SSSR count). The highest BCUT2D eigenvalue weighted by Gasteiger charge is 2.10. The molecule has 0 radical (unpaired) electrons. The topological polar surface area (TPSA) is 21.3 Å². The van der Waals surface area contributed by atoms with Crippen molar-refractivity contribution in [1.29, 1.82) is 0 Å². The first-order valence-corrected chi connectivity index (χ1v) is 7.92. The Bertz CT molecular complexity index is 486. The Balaban J connectivity index is 1.87. The molecule has 1 aromatic heterocycles. The molecule has 1 unspecified atom stereocenters. The van der Waals surface area contributed by atoms with Crippen LogP contribution in [0.3, 0.4) is 0 Å². The van der Waals surface area contributed by atoms with Crippen LogP contribution < -0.4 is 5.32 Å². The maximum atomic E-state index is 5.30. The van der Waals surface area contributed by atoms with Gasteiger partial charge in [-0.15, -0.1) is 11.3 Å². The summed E-state index contributed by atoms with van der Waals surface area (Å²) in [6, 6.07) is 15.0. The molecular formula is C15H18BrNOS. The zero-order valence-electron chi connectivity index (χ0n) is 10.9. The lowest BCUT2D eigenvalue weighted by molar-refractivity contribution is 0.167. The Labute approximate surface area is 126 Å². The van der Waals surface area contributed by atoms with Gasteiger partial charge in [0.25, 0.3) is 0 Å². The molecule has 0 bridgehead atoms. The van der Waals surface area contributed by atoms with Crippen molar-refractivity contribution in [3.05, 3.63) is 56.7 Å². The zero-order chi connectivity index (χ0) is 13.5. The SMILES string of the molecule is COCC(NCCc1ccc(Br)s1)c1ccccc1. The standard InChI is InChI=1S/C15H18BrNOS/c1-18-11-14(12-5-3-2-4-6-12)17-10-9-13-7-8-15(16)19-13/h2-8,14,17H,9-11H2,1H3. The minimum Gasteiger partial charge on any atom is -0.383 e. The molecule has 0 aliphatic heterocycles. The van der Waals surface area contributed by atoms with Gasteiger partial charge in [-0.3, -0.25) is 0 Å². The van der Waals surface area contributed by atoms with Gasteiger partial charge in [0.15, 0.2) is 0 Å². The van der Waals surface area contributed by atoms with Crippen LogP contribution in [0.1, 0.15) is 16.5 Å². The summed E-state index contributed by atoms with van der Waals surface area (Å²) >= 11 is 5.29. The van der Waals surface area contributed by atoms with Gasteiger partial charge in [0.05, 0.1) is 16.4 Å². The molecule has 0 saturated heterocycles. The summed E-state index contributed by atoms with van der Waals surface area (Å²) in [6.45, 7) is 1.65. The van der Waals surface area contributed by atoms with Gasteiger partial charge in [0.1, 0.15) is 0 Å². The van der Waals surface area contributed by atoms with E-state index in [1.807, 2.05) is 6.07 Å². The van der Waals surface area contributed by atoms with Gasteiger partial charge in [-0.25, -0.2) is 0 Å². The fourth-order valence-electron chi connectivity index (χ4n) is 1.98. The van der Waals surface area contributed by atoms with E-state index in [0.717, 1.165) is 13.0 Å². The molecule has 0 aliphatic carbocycles. The minimum atomic E-state index is 0.259. The summed E-state index contributed by atoms with van der Waals surface area (Å²) < 4.78 is 6.49. The first kappa shape index (κ1) is 14.7. The van der Waals surface area contributed by atoms with E-state index < -0.39 is 0 Å². The number of ether oxygens (including phenoxy) is 1. The molecule has 0 fully saturated rings. The Morgan fingerprint density at radius 3 is 2.63 bits per heavy atom. The minimum absolute atomic E-state index is 0.259. The van der Waals surface area contributed by atoms with E-state index >= 15 is 0 Å². The van der Waals surface area contributed by atoms with Gasteiger partial charge in [0.2, 0.25) is 0 Å². The van der Waals surface area contributed by atoms with Crippen LogP contribution in [-0.4, -0.2) is 20.3 Å². The summed E-state index contributed by atoms with van der Waals surface area (Å²) in [5.74, 6) is 0. The summed E-state index contributed by atoms with van der Waals surface area (Å²) in [5.41, 5.74) is 1.27. The highest BCUT2D eigenvalue weighted by Crippen LogP contribution is 2.22. The van der Waals surface area contributed by atoms with Gasteiger partial charge < -0.3 is 10.1 Å². The fourth-order valence-corrected chi connectivity index (χ4v) is 3.46. The van der Waals surface area contributed by atoms with Crippen LogP contribution in [0, 0.1) is 0 Å². The normalized spacial score (nSPS) is 12.5. The highest BCUT2D eigenvalue weighted by molar-refractivity contribution is 9.11. The van der Waals surface area contributed by atoms with E-state index in [4.69, 9.17) is 4.74 Å². The van der Waals surface area contributed by atoms with Crippen LogP contribution in [0.2, 0.25) is 0 Å². The lowest BCUT2D eigenvalue weighted by Gasteiger charge is -2.18. The Morgan fingerprint density at radius 2 is 2.00 bits per heavy atom. The summed E-state index contributed by atoms with van der Waals surface area (Å²) in [6.07, 6.45) is 1.04. The zero-order valence-corrected chi connectivity index (χ0v) is 13.3. The molecule has 1 atom stereocenters. The molecule has 19 heavy (non-hydrogen) atoms. The van der Waals surface area contributed by atoms with E-state index in [1.54, 1.807) is 18.4 Å². The second kappa shape index (κ2) is 7.80. The fraction of sp³-hybridized carbons (Fsp3) is 0.333. The Kier molecular flexibility index (Phi) is 6.04. The lowest BCUT2D eigenvalue weighted by atomic mass is 10.1. The first-order chi connectivity index (χ1) is 9.29. The molecule has 2 aromatic rings. The van der Waals surface area contributed by atoms with Crippen molar-refractivity contribution in [2.24, 2.45) is 0 Å². The van der Waals surface area contributed by atoms with Crippen LogP contribution in [-0.2, 0) is 11.2 Å². The monoisotopic (exact) mass is 339 g/mol. The maximum Gasteiger partial charge on any atom is 0.0701 e. The average Bonchev–Trinajstić information content (AvgIpc) is 2.84. The highest BCUT2D eigenvalue weighted by atomic mass is 79.9. The maximum absolute atomic E-state index is 5.30. The van der Waals surface area contributed by atoms with E-state index in [-0.39, 0.29) is 6.04 Å². The van der Waals surface area contributed by atoms with Gasteiger partial charge >= 0.3 is 0 Å². The number of rotatable bonds is 7. The van der Waals surface area contributed by atoms with Crippen molar-refractivity contribution in [1.82, 2.24) is 5.32 Å². The average molecular weight is 340 g/mol. The van der Waals surface area contributed by atoms with E-state index in [0.29, 0.717) is 6.61 Å². The predicted octanol–water partition coefficient (Wildman–Crippen LogP) is 4.03. The molecule has 0 saturated carbocycles. The molecule has 0 amide bonds. The quantitative estimate of drug-likeness (QED) is 0.822. The number of hydrogen-bond donors (Lipinski definition) is 1. The van der Waals surface area contributed by atoms with Gasteiger partial charge in [0, 0.05) is 18.5 Å². The van der Waals surface area contributed by atoms with E-state index in [2.05, 4.69) is 57.6 Å². The van der Waals surface area contributed by atoms with Crippen molar-refractivity contribution in [2.75, 3.05) is 20.3 Å². The van der Waals surface area contributed by atoms with Gasteiger partial charge in [-0.1, -0.05) is 30.3 Å². The number of benzene rings is 1. The predicted molar refractivity (Wildman–Crippen MR) is 84.8 cm³/mol. The first-order valence-electron chi connectivity index (χ1n) is 6.31. The molecular weight excluding hydrogens is 322 g/mol. The van der Waals surface area contributed by atoms with Crippen LogP contribution in [0.4, 0.5) is 0 Å². The van der Waals surface area contributed by atoms with E-state index in [9.17, 15) is 0 Å². The molecule has 1 aromatic carbocycles. The number of nitrogens with one attached hydrogen (secondary N) is 1. The van der Waals surface area contributed by atoms with Gasteiger partial charge in [-0.05, 0) is 40.0 Å². The lowest BCUT2D eigenvalue weighted by Crippen LogP contribution is -2.27. The molecule has 4 heteroatoms. The number of halogens is 1. The molecule has 2 nitrogen and oxygen atoms in total. The molecule has 1 heterocycles. The van der Waals surface area contributed by atoms with E-state index in [1.165, 1.54) is 14.2 Å². The summed E-state index contributed by atoms with van der Waals surface area (Å²) in [7, 11) is 1.74. The third-order valence-corrected chi connectivity index (χ3v) is 4.61. The van der Waals surface area contributed by atoms with Crippen molar-refractivity contribution in [2.45, 2.75) is 12.5 Å². The van der Waals surface area contributed by atoms with Crippen LogP contribution in [0.5, 0.6) is 0 Å². The van der Waals surface area contributed by atoms with Crippen LogP contribution in [0.15, 0.2) is 46.3 Å². The molecule has 1 N–H and O–H groups in total. The second-order valence-corrected chi connectivity index (χ2v) is 6.88. The number of methoxy groups -OCH3 is 1.